The molecule has 1 aliphatic carbocycles. The minimum absolute atomic E-state index is 0.107. The van der Waals surface area contributed by atoms with Crippen LogP contribution in [0.2, 0.25) is 0 Å². The molecular formula is C12H14O6. The van der Waals surface area contributed by atoms with Gasteiger partial charge in [0.25, 0.3) is 0 Å². The summed E-state index contributed by atoms with van der Waals surface area (Å²) in [6, 6.07) is 0. The van der Waals surface area contributed by atoms with Crippen molar-refractivity contribution in [3.05, 3.63) is 12.2 Å². The molecule has 98 valence electrons. The molecule has 1 saturated carbocycles. The van der Waals surface area contributed by atoms with E-state index in [2.05, 4.69) is 6.58 Å². The number of carbonyl (C=O) groups is 3. The zero-order valence-electron chi connectivity index (χ0n) is 9.92. The molecule has 4 atom stereocenters. The maximum Gasteiger partial charge on any atom is 0.333 e. The summed E-state index contributed by atoms with van der Waals surface area (Å²) >= 11 is 0. The second-order valence-corrected chi connectivity index (χ2v) is 4.72. The smallest absolute Gasteiger partial charge is 0.333 e. The summed E-state index contributed by atoms with van der Waals surface area (Å²) in [5, 5.41) is 9.07. The van der Waals surface area contributed by atoms with E-state index in [0.717, 1.165) is 0 Å². The molecule has 6 nitrogen and oxygen atoms in total. The lowest BCUT2D eigenvalue weighted by molar-refractivity contribution is -0.159. The van der Waals surface area contributed by atoms with Crippen molar-refractivity contribution in [3.63, 3.8) is 0 Å². The number of esters is 2. The molecule has 2 bridgehead atoms. The molecule has 2 fully saturated rings. The number of rotatable bonds is 3. The van der Waals surface area contributed by atoms with Crippen molar-refractivity contribution < 1.29 is 29.0 Å². The van der Waals surface area contributed by atoms with Crippen LogP contribution in [0.4, 0.5) is 0 Å². The molecule has 2 rings (SSSR count). The number of ether oxygens (including phenoxy) is 2. The average Bonchev–Trinajstić information content (AvgIpc) is 2.60. The van der Waals surface area contributed by atoms with Gasteiger partial charge in [-0.25, -0.2) is 4.79 Å². The first-order valence-electron chi connectivity index (χ1n) is 5.70. The minimum atomic E-state index is -1.06. The highest BCUT2D eigenvalue weighted by molar-refractivity contribution is 5.87. The third-order valence-electron chi connectivity index (χ3n) is 3.37. The Morgan fingerprint density at radius 3 is 2.67 bits per heavy atom. The van der Waals surface area contributed by atoms with Crippen molar-refractivity contribution >= 4 is 17.9 Å². The predicted molar refractivity (Wildman–Crippen MR) is 58.4 cm³/mol. The Morgan fingerprint density at radius 2 is 2.11 bits per heavy atom. The fourth-order valence-electron chi connectivity index (χ4n) is 2.39. The van der Waals surface area contributed by atoms with Gasteiger partial charge in [0.15, 0.2) is 0 Å². The van der Waals surface area contributed by atoms with Crippen molar-refractivity contribution in [1.82, 2.24) is 0 Å². The largest absolute Gasteiger partial charge is 0.481 e. The van der Waals surface area contributed by atoms with Crippen LogP contribution in [0, 0.1) is 11.8 Å². The Bertz CT molecular complexity index is 426. The molecule has 6 heteroatoms. The molecule has 2 aliphatic rings. The number of fused-ring (bicyclic) bond motifs is 2. The van der Waals surface area contributed by atoms with Crippen LogP contribution in [0.3, 0.4) is 0 Å². The fourth-order valence-corrected chi connectivity index (χ4v) is 2.39. The molecule has 0 amide bonds. The van der Waals surface area contributed by atoms with E-state index in [1.54, 1.807) is 0 Å². The van der Waals surface area contributed by atoms with E-state index in [-0.39, 0.29) is 12.0 Å². The van der Waals surface area contributed by atoms with Crippen LogP contribution in [-0.2, 0) is 23.9 Å². The quantitative estimate of drug-likeness (QED) is 0.583. The van der Waals surface area contributed by atoms with Gasteiger partial charge < -0.3 is 14.6 Å². The zero-order chi connectivity index (χ0) is 13.4. The van der Waals surface area contributed by atoms with E-state index < -0.39 is 42.0 Å². The summed E-state index contributed by atoms with van der Waals surface area (Å²) in [7, 11) is 0. The van der Waals surface area contributed by atoms with Crippen molar-refractivity contribution in [2.75, 3.05) is 0 Å². The Kier molecular flexibility index (Phi) is 3.11. The number of hydrogen-bond acceptors (Lipinski definition) is 5. The van der Waals surface area contributed by atoms with E-state index in [9.17, 15) is 14.4 Å². The SMILES string of the molecule is C=C(C)C(=O)OC1CC(C(=O)O)C2CC1OC2=O. The molecule has 1 heterocycles. The van der Waals surface area contributed by atoms with Gasteiger partial charge in [-0.3, -0.25) is 9.59 Å². The first-order chi connectivity index (χ1) is 8.40. The maximum absolute atomic E-state index is 11.5. The molecule has 0 aromatic carbocycles. The topological polar surface area (TPSA) is 89.9 Å². The van der Waals surface area contributed by atoms with Gasteiger partial charge in [0.2, 0.25) is 0 Å². The average molecular weight is 254 g/mol. The summed E-state index contributed by atoms with van der Waals surface area (Å²) < 4.78 is 10.2. The lowest BCUT2D eigenvalue weighted by Crippen LogP contribution is -2.40. The second kappa shape index (κ2) is 4.44. The van der Waals surface area contributed by atoms with Crippen LogP contribution in [0.25, 0.3) is 0 Å². The second-order valence-electron chi connectivity index (χ2n) is 4.72. The highest BCUT2D eigenvalue weighted by Gasteiger charge is 2.52. The molecule has 0 spiro atoms. The third-order valence-corrected chi connectivity index (χ3v) is 3.37. The first-order valence-corrected chi connectivity index (χ1v) is 5.70. The van der Waals surface area contributed by atoms with Gasteiger partial charge in [-0.05, 0) is 6.92 Å². The fraction of sp³-hybridized carbons (Fsp3) is 0.583. The van der Waals surface area contributed by atoms with Crippen LogP contribution in [0.5, 0.6) is 0 Å². The number of hydrogen-bond donors (Lipinski definition) is 1. The lowest BCUT2D eigenvalue weighted by Gasteiger charge is -2.29. The third kappa shape index (κ3) is 2.10. The van der Waals surface area contributed by atoms with E-state index in [1.165, 1.54) is 6.92 Å². The Labute approximate surface area is 104 Å². The number of carbonyl (C=O) groups excluding carboxylic acids is 2. The molecule has 18 heavy (non-hydrogen) atoms. The molecule has 0 aromatic heterocycles. The molecule has 0 radical (unpaired) electrons. The van der Waals surface area contributed by atoms with Gasteiger partial charge in [0.1, 0.15) is 12.2 Å². The normalized spacial score (nSPS) is 33.7. The Balaban J connectivity index is 2.13. The summed E-state index contributed by atoms with van der Waals surface area (Å²) in [5.41, 5.74) is 0.230. The predicted octanol–water partition coefficient (Wildman–Crippen LogP) is 0.510. The summed E-state index contributed by atoms with van der Waals surface area (Å²) in [6.45, 7) is 4.96. The van der Waals surface area contributed by atoms with E-state index >= 15 is 0 Å². The van der Waals surface area contributed by atoms with Crippen molar-refractivity contribution in [1.29, 1.82) is 0 Å². The zero-order valence-corrected chi connectivity index (χ0v) is 9.92. The Morgan fingerprint density at radius 1 is 1.44 bits per heavy atom. The van der Waals surface area contributed by atoms with Gasteiger partial charge in [-0.2, -0.15) is 0 Å². The maximum atomic E-state index is 11.5. The molecule has 4 unspecified atom stereocenters. The number of carboxylic acids is 1. The Hall–Kier alpha value is -1.85. The standard InChI is InChI=1S/C12H14O6/c1-5(2)11(15)17-8-3-6(10(13)14)7-4-9(8)18-12(7)16/h6-9H,1,3-4H2,2H3,(H,13,14). The summed E-state index contributed by atoms with van der Waals surface area (Å²) in [5.74, 6) is -3.63. The summed E-state index contributed by atoms with van der Waals surface area (Å²) in [6.07, 6.45) is -0.821. The van der Waals surface area contributed by atoms with Crippen LogP contribution >= 0.6 is 0 Å². The first kappa shape index (κ1) is 12.6. The van der Waals surface area contributed by atoms with E-state index in [0.29, 0.717) is 6.42 Å². The van der Waals surface area contributed by atoms with Crippen LogP contribution < -0.4 is 0 Å². The van der Waals surface area contributed by atoms with Crippen LogP contribution in [-0.4, -0.2) is 35.2 Å². The van der Waals surface area contributed by atoms with Crippen LogP contribution in [0.1, 0.15) is 19.8 Å². The van der Waals surface area contributed by atoms with Gasteiger partial charge in [-0.1, -0.05) is 6.58 Å². The number of aliphatic carboxylic acids is 1. The molecule has 0 aromatic rings. The number of carboxylic acid groups (broad SMARTS) is 1. The van der Waals surface area contributed by atoms with E-state index in [1.807, 2.05) is 0 Å². The monoisotopic (exact) mass is 254 g/mol. The van der Waals surface area contributed by atoms with Gasteiger partial charge >= 0.3 is 17.9 Å². The van der Waals surface area contributed by atoms with Crippen LogP contribution in [0.15, 0.2) is 12.2 Å². The minimum Gasteiger partial charge on any atom is -0.481 e. The highest BCUT2D eigenvalue weighted by atomic mass is 16.6. The molecule has 1 aliphatic heterocycles. The van der Waals surface area contributed by atoms with Crippen molar-refractivity contribution in [2.45, 2.75) is 32.0 Å². The van der Waals surface area contributed by atoms with Crippen molar-refractivity contribution in [2.24, 2.45) is 11.8 Å². The van der Waals surface area contributed by atoms with Crippen molar-refractivity contribution in [3.8, 4) is 0 Å². The molecule has 1 saturated heterocycles. The highest BCUT2D eigenvalue weighted by Crippen LogP contribution is 2.40. The molecule has 1 N–H and O–H groups in total. The lowest BCUT2D eigenvalue weighted by atomic mass is 9.78. The van der Waals surface area contributed by atoms with Gasteiger partial charge in [-0.15, -0.1) is 0 Å². The van der Waals surface area contributed by atoms with E-state index in [4.69, 9.17) is 14.6 Å². The van der Waals surface area contributed by atoms with Gasteiger partial charge in [0.05, 0.1) is 11.8 Å². The molecular weight excluding hydrogens is 240 g/mol. The van der Waals surface area contributed by atoms with Gasteiger partial charge in [0, 0.05) is 18.4 Å². The summed E-state index contributed by atoms with van der Waals surface area (Å²) in [4.78, 5) is 34.0.